The summed E-state index contributed by atoms with van der Waals surface area (Å²) in [7, 11) is -3.73. The zero-order valence-electron chi connectivity index (χ0n) is 16.1. The zero-order chi connectivity index (χ0) is 21.0. The zero-order valence-corrected chi connectivity index (χ0v) is 20.1. The number of sulfonamides is 1. The van der Waals surface area contributed by atoms with Gasteiger partial charge in [0, 0.05) is 34.1 Å². The first-order valence-electron chi connectivity index (χ1n) is 9.50. The lowest BCUT2D eigenvalue weighted by Crippen LogP contribution is -2.42. The summed E-state index contributed by atoms with van der Waals surface area (Å²) in [6.45, 7) is 2.80. The number of benzene rings is 2. The molecule has 0 aliphatic carbocycles. The first-order chi connectivity index (χ1) is 13.8. The molecule has 0 amide bonds. The molecule has 1 saturated heterocycles. The van der Waals surface area contributed by atoms with Crippen molar-refractivity contribution in [3.8, 4) is 6.19 Å². The molecule has 1 heterocycles. The molecular weight excluding hydrogens is 518 g/mol. The van der Waals surface area contributed by atoms with Crippen LogP contribution in [0.1, 0.15) is 25.3 Å². The van der Waals surface area contributed by atoms with Gasteiger partial charge in [0.05, 0.1) is 4.90 Å². The van der Waals surface area contributed by atoms with Crippen molar-refractivity contribution >= 4 is 41.9 Å². The van der Waals surface area contributed by atoms with E-state index in [4.69, 9.17) is 0 Å². The molecule has 1 aliphatic rings. The van der Waals surface area contributed by atoms with Gasteiger partial charge < -0.3 is 4.90 Å². The fourth-order valence-corrected chi connectivity index (χ4v) is 6.87. The van der Waals surface area contributed by atoms with Crippen LogP contribution >= 0.6 is 31.9 Å². The molecule has 2 aromatic carbocycles. The Kier molecular flexibility index (Phi) is 7.38. The molecule has 2 aromatic rings. The molecule has 0 bridgehead atoms. The summed E-state index contributed by atoms with van der Waals surface area (Å²) in [6.07, 6.45) is 4.35. The lowest BCUT2D eigenvalue weighted by atomic mass is 10.1. The predicted molar refractivity (Wildman–Crippen MR) is 121 cm³/mol. The van der Waals surface area contributed by atoms with E-state index in [0.717, 1.165) is 6.42 Å². The van der Waals surface area contributed by atoms with Gasteiger partial charge in [0.1, 0.15) is 0 Å². The van der Waals surface area contributed by atoms with E-state index in [1.54, 1.807) is 27.4 Å². The Balaban J connectivity index is 1.87. The highest BCUT2D eigenvalue weighted by Crippen LogP contribution is 2.32. The van der Waals surface area contributed by atoms with Gasteiger partial charge in [0.25, 0.3) is 0 Å². The van der Waals surface area contributed by atoms with Crippen LogP contribution in [0.2, 0.25) is 0 Å². The number of likely N-dealkylation sites (tertiary alicyclic amines) is 1. The predicted octanol–water partition coefficient (Wildman–Crippen LogP) is 4.78. The monoisotopic (exact) mass is 539 g/mol. The van der Waals surface area contributed by atoms with Crippen LogP contribution in [0.3, 0.4) is 0 Å². The Labute approximate surface area is 189 Å². The molecule has 1 fully saturated rings. The summed E-state index contributed by atoms with van der Waals surface area (Å²) >= 11 is 6.78. The molecule has 8 heteroatoms. The number of halogens is 2. The van der Waals surface area contributed by atoms with E-state index < -0.39 is 10.0 Å². The maximum atomic E-state index is 13.6. The second-order valence-corrected chi connectivity index (χ2v) is 10.9. The molecule has 0 N–H and O–H groups in total. The van der Waals surface area contributed by atoms with Crippen LogP contribution in [0.25, 0.3) is 0 Å². The third-order valence-corrected chi connectivity index (χ3v) is 8.69. The average Bonchev–Trinajstić information content (AvgIpc) is 3.07. The van der Waals surface area contributed by atoms with E-state index in [9.17, 15) is 13.7 Å². The molecule has 2 unspecified atom stereocenters. The van der Waals surface area contributed by atoms with Gasteiger partial charge in [-0.05, 0) is 65.9 Å². The highest BCUT2D eigenvalue weighted by atomic mass is 79.9. The van der Waals surface area contributed by atoms with Crippen molar-refractivity contribution < 1.29 is 8.42 Å². The largest absolute Gasteiger partial charge is 0.306 e. The van der Waals surface area contributed by atoms with Crippen LogP contribution < -0.4 is 0 Å². The molecule has 0 radical (unpaired) electrons. The van der Waals surface area contributed by atoms with Crippen molar-refractivity contribution in [3.05, 3.63) is 63.0 Å². The van der Waals surface area contributed by atoms with E-state index >= 15 is 0 Å². The summed E-state index contributed by atoms with van der Waals surface area (Å²) in [5, 5.41) is 9.36. The molecule has 5 nitrogen and oxygen atoms in total. The molecule has 29 heavy (non-hydrogen) atoms. The van der Waals surface area contributed by atoms with E-state index in [2.05, 4.69) is 50.2 Å². The Bertz CT molecular complexity index is 993. The number of rotatable bonds is 7. The van der Waals surface area contributed by atoms with Crippen LogP contribution in [0, 0.1) is 11.5 Å². The highest BCUT2D eigenvalue weighted by Gasteiger charge is 2.39. The van der Waals surface area contributed by atoms with Crippen LogP contribution in [-0.2, 0) is 16.4 Å². The summed E-state index contributed by atoms with van der Waals surface area (Å²) in [4.78, 5) is 1.91. The molecule has 3 rings (SSSR count). The quantitative estimate of drug-likeness (QED) is 0.474. The number of nitriles is 1. The standard InChI is InChI=1S/C21H23Br2N3O2S/c1-16-12-19(14-25(16)15-24)26(11-5-8-17-6-3-2-4-7-17)29(27,28)21-13-18(22)9-10-20(21)23/h2-4,6-7,9-10,13,16,19H,5,8,11-12,14H2,1H3. The summed E-state index contributed by atoms with van der Waals surface area (Å²) in [5.41, 5.74) is 1.19. The van der Waals surface area contributed by atoms with E-state index in [1.165, 1.54) is 5.56 Å². The fraction of sp³-hybridized carbons (Fsp3) is 0.381. The SMILES string of the molecule is CC1CC(N(CCCc2ccccc2)S(=O)(=O)c2cc(Br)ccc2Br)CN1C#N. The Hall–Kier alpha value is -1.40. The summed E-state index contributed by atoms with van der Waals surface area (Å²) in [6, 6.07) is 15.0. The molecule has 0 saturated carbocycles. The van der Waals surface area contributed by atoms with Gasteiger partial charge in [0.2, 0.25) is 10.0 Å². The van der Waals surface area contributed by atoms with Gasteiger partial charge >= 0.3 is 0 Å². The second kappa shape index (κ2) is 9.61. The first kappa shape index (κ1) is 22.3. The number of hydrogen-bond acceptors (Lipinski definition) is 4. The van der Waals surface area contributed by atoms with Gasteiger partial charge in [-0.25, -0.2) is 8.42 Å². The summed E-state index contributed by atoms with van der Waals surface area (Å²) < 4.78 is 30.1. The number of aryl methyl sites for hydroxylation is 1. The van der Waals surface area contributed by atoms with Gasteiger partial charge in [-0.2, -0.15) is 9.57 Å². The minimum atomic E-state index is -3.73. The number of nitrogens with zero attached hydrogens (tertiary/aromatic N) is 3. The Morgan fingerprint density at radius 1 is 1.21 bits per heavy atom. The molecule has 154 valence electrons. The van der Waals surface area contributed by atoms with Crippen LogP contribution in [0.5, 0.6) is 0 Å². The topological polar surface area (TPSA) is 64.4 Å². The van der Waals surface area contributed by atoms with Gasteiger partial charge in [0.15, 0.2) is 6.19 Å². The van der Waals surface area contributed by atoms with Crippen molar-refractivity contribution in [2.24, 2.45) is 0 Å². The lowest BCUT2D eigenvalue weighted by Gasteiger charge is -2.28. The average molecular weight is 541 g/mol. The van der Waals surface area contributed by atoms with Gasteiger partial charge in [-0.1, -0.05) is 46.3 Å². The van der Waals surface area contributed by atoms with Crippen molar-refractivity contribution in [3.63, 3.8) is 0 Å². The summed E-state index contributed by atoms with van der Waals surface area (Å²) in [5.74, 6) is 0. The third-order valence-electron chi connectivity index (χ3n) is 5.26. The maximum absolute atomic E-state index is 13.6. The fourth-order valence-electron chi connectivity index (χ4n) is 3.73. The highest BCUT2D eigenvalue weighted by molar-refractivity contribution is 9.11. The minimum Gasteiger partial charge on any atom is -0.306 e. The van der Waals surface area contributed by atoms with E-state index in [0.29, 0.717) is 34.9 Å². The smallest absolute Gasteiger partial charge is 0.244 e. The van der Waals surface area contributed by atoms with Crippen molar-refractivity contribution in [2.75, 3.05) is 13.1 Å². The van der Waals surface area contributed by atoms with Crippen LogP contribution in [-0.4, -0.2) is 42.8 Å². The van der Waals surface area contributed by atoms with Crippen LogP contribution in [0.15, 0.2) is 62.4 Å². The van der Waals surface area contributed by atoms with E-state index in [1.807, 2.05) is 25.1 Å². The third kappa shape index (κ3) is 5.21. The molecule has 0 spiro atoms. The molecule has 1 aliphatic heterocycles. The van der Waals surface area contributed by atoms with Gasteiger partial charge in [-0.15, -0.1) is 0 Å². The van der Waals surface area contributed by atoms with Crippen LogP contribution in [0.4, 0.5) is 0 Å². The van der Waals surface area contributed by atoms with Crippen molar-refractivity contribution in [1.82, 2.24) is 9.21 Å². The van der Waals surface area contributed by atoms with Crippen molar-refractivity contribution in [2.45, 2.75) is 43.2 Å². The van der Waals surface area contributed by atoms with Crippen molar-refractivity contribution in [1.29, 1.82) is 5.26 Å². The van der Waals surface area contributed by atoms with Gasteiger partial charge in [-0.3, -0.25) is 0 Å². The second-order valence-electron chi connectivity index (χ2n) is 7.27. The molecular formula is C21H23Br2N3O2S. The lowest BCUT2D eigenvalue weighted by molar-refractivity contribution is 0.315. The molecule has 0 aromatic heterocycles. The number of hydrogen-bond donors (Lipinski definition) is 0. The molecule has 2 atom stereocenters. The minimum absolute atomic E-state index is 0.0303. The first-order valence-corrected chi connectivity index (χ1v) is 12.5. The maximum Gasteiger partial charge on any atom is 0.244 e. The van der Waals surface area contributed by atoms with E-state index in [-0.39, 0.29) is 17.0 Å². The Morgan fingerprint density at radius 2 is 1.93 bits per heavy atom. The normalized spacial score (nSPS) is 19.5. The Morgan fingerprint density at radius 3 is 2.59 bits per heavy atom.